The van der Waals surface area contributed by atoms with E-state index in [-0.39, 0.29) is 18.4 Å². The fourth-order valence-electron chi connectivity index (χ4n) is 4.12. The lowest BCUT2D eigenvalue weighted by atomic mass is 9.84. The molecule has 0 aromatic heterocycles. The Morgan fingerprint density at radius 1 is 0.971 bits per heavy atom. The van der Waals surface area contributed by atoms with Gasteiger partial charge >= 0.3 is 0 Å². The molecule has 0 spiro atoms. The maximum atomic E-state index is 12.9. The summed E-state index contributed by atoms with van der Waals surface area (Å²) in [5.74, 6) is 1.06. The van der Waals surface area contributed by atoms with Crippen LogP contribution in [0, 0.1) is 0 Å². The van der Waals surface area contributed by atoms with Gasteiger partial charge in [-0.05, 0) is 28.8 Å². The Morgan fingerprint density at radius 2 is 1.57 bits per heavy atom. The van der Waals surface area contributed by atoms with Crippen molar-refractivity contribution < 1.29 is 13.8 Å². The first kappa shape index (κ1) is 24.3. The van der Waals surface area contributed by atoms with Crippen LogP contribution in [0.4, 0.5) is 0 Å². The van der Waals surface area contributed by atoms with E-state index < -0.39 is 16.3 Å². The third-order valence-electron chi connectivity index (χ3n) is 6.03. The molecule has 0 saturated carbocycles. The maximum Gasteiger partial charge on any atom is 0.253 e. The largest absolute Gasteiger partial charge is 0.370 e. The van der Waals surface area contributed by atoms with Crippen molar-refractivity contribution in [1.29, 1.82) is 0 Å². The number of carbonyl (C=O) groups excluding carboxylic acids is 2. The van der Waals surface area contributed by atoms with Crippen LogP contribution in [0.25, 0.3) is 0 Å². The first-order valence-corrected chi connectivity index (χ1v) is 12.9. The Kier molecular flexibility index (Phi) is 7.72. The van der Waals surface area contributed by atoms with Crippen LogP contribution in [0.2, 0.25) is 0 Å². The Labute approximate surface area is 207 Å². The second-order valence-electron chi connectivity index (χ2n) is 8.33. The van der Waals surface area contributed by atoms with Crippen molar-refractivity contribution >= 4 is 29.0 Å². The molecule has 0 atom stereocenters. The number of nitrogens with two attached hydrogens (primary N) is 1. The van der Waals surface area contributed by atoms with Crippen molar-refractivity contribution in [1.82, 2.24) is 10.2 Å². The number of amides is 1. The minimum absolute atomic E-state index is 0.0771. The molecule has 1 aliphatic heterocycles. The molecule has 0 bridgehead atoms. The molecule has 0 unspecified atom stereocenters. The lowest BCUT2D eigenvalue weighted by Crippen LogP contribution is -2.51. The van der Waals surface area contributed by atoms with E-state index in [1.807, 2.05) is 72.8 Å². The van der Waals surface area contributed by atoms with Gasteiger partial charge in [-0.25, -0.2) is 4.99 Å². The smallest absolute Gasteiger partial charge is 0.253 e. The highest BCUT2D eigenvalue weighted by Gasteiger charge is 2.34. The second-order valence-corrected chi connectivity index (χ2v) is 10.0. The molecule has 1 aliphatic rings. The molecule has 4 rings (SSSR count). The lowest BCUT2D eigenvalue weighted by molar-refractivity contribution is -0.111. The van der Waals surface area contributed by atoms with E-state index in [0.29, 0.717) is 30.2 Å². The molecular formula is C27H28N4O3S. The first-order chi connectivity index (χ1) is 17.0. The molecular weight excluding hydrogens is 460 g/mol. The van der Waals surface area contributed by atoms with Gasteiger partial charge in [0, 0.05) is 41.0 Å². The highest BCUT2D eigenvalue weighted by Crippen LogP contribution is 2.27. The maximum absolute atomic E-state index is 12.9. The van der Waals surface area contributed by atoms with Gasteiger partial charge in [0.25, 0.3) is 5.91 Å². The normalized spacial score (nSPS) is 15.0. The molecule has 3 N–H and O–H groups in total. The predicted molar refractivity (Wildman–Crippen MR) is 138 cm³/mol. The molecule has 3 aromatic carbocycles. The van der Waals surface area contributed by atoms with Crippen LogP contribution in [0.5, 0.6) is 0 Å². The number of aldehydes is 1. The van der Waals surface area contributed by atoms with E-state index in [1.54, 1.807) is 17.0 Å². The van der Waals surface area contributed by atoms with E-state index in [9.17, 15) is 13.8 Å². The van der Waals surface area contributed by atoms with Crippen molar-refractivity contribution in [3.05, 3.63) is 107 Å². The summed E-state index contributed by atoms with van der Waals surface area (Å²) in [5.41, 5.74) is 7.94. The van der Waals surface area contributed by atoms with Gasteiger partial charge < -0.3 is 16.0 Å². The number of guanidine groups is 1. The van der Waals surface area contributed by atoms with Crippen LogP contribution in [-0.4, -0.2) is 51.9 Å². The molecule has 1 heterocycles. The Morgan fingerprint density at radius 3 is 2.14 bits per heavy atom. The minimum atomic E-state index is -1.19. The van der Waals surface area contributed by atoms with Crippen LogP contribution in [0.15, 0.2) is 89.9 Å². The molecule has 1 saturated heterocycles. The number of rotatable bonds is 7. The van der Waals surface area contributed by atoms with Crippen LogP contribution in [0.3, 0.4) is 0 Å². The van der Waals surface area contributed by atoms with Gasteiger partial charge in [0.1, 0.15) is 5.54 Å². The summed E-state index contributed by atoms with van der Waals surface area (Å²) in [5, 5.41) is 3.13. The zero-order valence-electron chi connectivity index (χ0n) is 19.3. The third kappa shape index (κ3) is 5.66. The zero-order valence-corrected chi connectivity index (χ0v) is 20.1. The van der Waals surface area contributed by atoms with E-state index in [1.165, 1.54) is 0 Å². The molecule has 0 aliphatic carbocycles. The van der Waals surface area contributed by atoms with E-state index in [0.717, 1.165) is 23.0 Å². The summed E-state index contributed by atoms with van der Waals surface area (Å²) in [6, 6.07) is 26.0. The second kappa shape index (κ2) is 11.1. The summed E-state index contributed by atoms with van der Waals surface area (Å²) in [6.45, 7) is 1.23. The van der Waals surface area contributed by atoms with Gasteiger partial charge in [0.05, 0.1) is 6.54 Å². The minimum Gasteiger partial charge on any atom is -0.370 e. The molecule has 3 aromatic rings. The fourth-order valence-corrected chi connectivity index (χ4v) is 5.18. The van der Waals surface area contributed by atoms with Gasteiger partial charge in [0.15, 0.2) is 12.2 Å². The van der Waals surface area contributed by atoms with E-state index in [4.69, 9.17) is 5.73 Å². The number of nitrogens with one attached hydrogen (secondary N) is 1. The van der Waals surface area contributed by atoms with Crippen LogP contribution in [-0.2, 0) is 27.7 Å². The van der Waals surface area contributed by atoms with Gasteiger partial charge in [0.2, 0.25) is 0 Å². The summed E-state index contributed by atoms with van der Waals surface area (Å²) in [6.07, 6.45) is 0.838. The molecule has 8 heteroatoms. The Hall–Kier alpha value is -3.78. The fraction of sp³-hybridized carbons (Fsp3) is 0.222. The summed E-state index contributed by atoms with van der Waals surface area (Å²) in [7, 11) is -0.841. The number of hydrogen-bond acceptors (Lipinski definition) is 4. The quantitative estimate of drug-likeness (QED) is 0.302. The number of nitrogens with zero attached hydrogens (tertiary/aromatic N) is 2. The highest BCUT2D eigenvalue weighted by molar-refractivity contribution is 7.85. The van der Waals surface area contributed by atoms with E-state index >= 15 is 0 Å². The molecule has 1 amide bonds. The Bertz CT molecular complexity index is 1180. The topological polar surface area (TPSA) is 105 Å². The van der Waals surface area contributed by atoms with Gasteiger partial charge in [-0.1, -0.05) is 72.8 Å². The van der Waals surface area contributed by atoms with Gasteiger partial charge in [-0.15, -0.1) is 0 Å². The van der Waals surface area contributed by atoms with E-state index in [2.05, 4.69) is 10.3 Å². The van der Waals surface area contributed by atoms with Crippen LogP contribution >= 0.6 is 0 Å². The van der Waals surface area contributed by atoms with Crippen molar-refractivity contribution in [3.63, 3.8) is 0 Å². The number of hydrogen-bond donors (Lipinski definition) is 2. The molecule has 1 fully saturated rings. The molecule has 35 heavy (non-hydrogen) atoms. The standard InChI is InChI=1S/C27H28N4O3S/c28-26(30-27(20-32,23-10-3-1-4-11-23)24-12-5-2-6-13-24)29-19-21-8-7-9-22(18-21)25(33)31-14-16-35(34)17-15-31/h1-13,18,20H,14-17,19H2,(H3,28,29,30). The average molecular weight is 489 g/mol. The molecule has 180 valence electrons. The molecule has 7 nitrogen and oxygen atoms in total. The number of aliphatic imine (C=N–C) groups is 1. The van der Waals surface area contributed by atoms with Crippen molar-refractivity contribution in [2.45, 2.75) is 12.1 Å². The number of benzene rings is 3. The first-order valence-electron chi connectivity index (χ1n) is 11.4. The lowest BCUT2D eigenvalue weighted by Gasteiger charge is -2.31. The third-order valence-corrected chi connectivity index (χ3v) is 7.31. The van der Waals surface area contributed by atoms with Crippen molar-refractivity contribution in [2.75, 3.05) is 24.6 Å². The highest BCUT2D eigenvalue weighted by atomic mass is 32.2. The number of carbonyl (C=O) groups is 2. The zero-order chi connectivity index (χ0) is 24.7. The van der Waals surface area contributed by atoms with Crippen LogP contribution < -0.4 is 11.1 Å². The van der Waals surface area contributed by atoms with Crippen molar-refractivity contribution in [3.8, 4) is 0 Å². The Balaban J connectivity index is 1.53. The average Bonchev–Trinajstić information content (AvgIpc) is 2.92. The monoisotopic (exact) mass is 488 g/mol. The van der Waals surface area contributed by atoms with Gasteiger partial charge in [-0.2, -0.15) is 0 Å². The summed E-state index contributed by atoms with van der Waals surface area (Å²) in [4.78, 5) is 31.5. The predicted octanol–water partition coefficient (Wildman–Crippen LogP) is 2.44. The molecule has 0 radical (unpaired) electrons. The van der Waals surface area contributed by atoms with Crippen molar-refractivity contribution in [2.24, 2.45) is 10.7 Å². The SMILES string of the molecule is NC(=NCc1cccc(C(=O)N2CCS(=O)CC2)c1)NC(C=O)(c1ccccc1)c1ccccc1. The summed E-state index contributed by atoms with van der Waals surface area (Å²) < 4.78 is 11.6. The van der Waals surface area contributed by atoms with Crippen LogP contribution in [0.1, 0.15) is 27.0 Å². The van der Waals surface area contributed by atoms with Gasteiger partial charge in [-0.3, -0.25) is 13.8 Å². The summed E-state index contributed by atoms with van der Waals surface area (Å²) >= 11 is 0.